The molecule has 0 saturated carbocycles. The molecule has 0 fully saturated rings. The first-order valence-corrected chi connectivity index (χ1v) is 11.3. The molecule has 0 aliphatic carbocycles. The van der Waals surface area contributed by atoms with Gasteiger partial charge in [-0.05, 0) is 86.0 Å². The number of methoxy groups -OCH3 is 1. The summed E-state index contributed by atoms with van der Waals surface area (Å²) < 4.78 is 32.7. The molecule has 3 rings (SSSR count). The zero-order valence-corrected chi connectivity index (χ0v) is 18.8. The Morgan fingerprint density at radius 1 is 0.903 bits per heavy atom. The van der Waals surface area contributed by atoms with E-state index in [1.54, 1.807) is 36.4 Å². The van der Waals surface area contributed by atoms with Crippen LogP contribution < -0.4 is 14.8 Å². The largest absolute Gasteiger partial charge is 0.497 e. The Hall–Kier alpha value is -3.32. The summed E-state index contributed by atoms with van der Waals surface area (Å²) in [5, 5.41) is 2.97. The van der Waals surface area contributed by atoms with Crippen molar-refractivity contribution < 1.29 is 17.9 Å². The van der Waals surface area contributed by atoms with E-state index in [0.29, 0.717) is 17.0 Å². The maximum atomic E-state index is 12.6. The average molecular weight is 439 g/mol. The van der Waals surface area contributed by atoms with Crippen LogP contribution in [0.15, 0.2) is 71.6 Å². The van der Waals surface area contributed by atoms with Gasteiger partial charge in [-0.2, -0.15) is 0 Å². The monoisotopic (exact) mass is 438 g/mol. The molecule has 7 heteroatoms. The fourth-order valence-electron chi connectivity index (χ4n) is 3.06. The maximum absolute atomic E-state index is 12.6. The second kappa shape index (κ2) is 9.22. The van der Waals surface area contributed by atoms with Crippen LogP contribution in [0.1, 0.15) is 40.0 Å². The Morgan fingerprint density at radius 3 is 2.13 bits per heavy atom. The summed E-state index contributed by atoms with van der Waals surface area (Å²) >= 11 is 0. The zero-order valence-electron chi connectivity index (χ0n) is 18.0. The first kappa shape index (κ1) is 22.4. The summed E-state index contributed by atoms with van der Waals surface area (Å²) in [6, 6.07) is 18.4. The molecule has 0 aliphatic rings. The summed E-state index contributed by atoms with van der Waals surface area (Å²) in [6.07, 6.45) is 0. The molecule has 0 aliphatic heterocycles. The molecule has 0 radical (unpaired) electrons. The van der Waals surface area contributed by atoms with Gasteiger partial charge in [-0.15, -0.1) is 0 Å². The molecule has 0 saturated heterocycles. The number of carbonyl (C=O) groups is 1. The van der Waals surface area contributed by atoms with Crippen LogP contribution in [0.2, 0.25) is 0 Å². The SMILES string of the molecule is COc1ccc(S(=O)(=O)Nc2ccc(C(=O)NC(C)c3ccc(C)c(C)c3)cc2)cc1. The molecule has 31 heavy (non-hydrogen) atoms. The van der Waals surface area contributed by atoms with Gasteiger partial charge in [0.05, 0.1) is 18.0 Å². The van der Waals surface area contributed by atoms with Crippen LogP contribution in [0.25, 0.3) is 0 Å². The van der Waals surface area contributed by atoms with E-state index in [9.17, 15) is 13.2 Å². The highest BCUT2D eigenvalue weighted by Gasteiger charge is 2.16. The van der Waals surface area contributed by atoms with E-state index >= 15 is 0 Å². The lowest BCUT2D eigenvalue weighted by molar-refractivity contribution is 0.0940. The van der Waals surface area contributed by atoms with E-state index in [1.807, 2.05) is 32.9 Å². The summed E-state index contributed by atoms with van der Waals surface area (Å²) in [7, 11) is -2.22. The minimum Gasteiger partial charge on any atom is -0.497 e. The number of sulfonamides is 1. The van der Waals surface area contributed by atoms with E-state index in [-0.39, 0.29) is 16.8 Å². The van der Waals surface area contributed by atoms with E-state index in [4.69, 9.17) is 4.74 Å². The zero-order chi connectivity index (χ0) is 22.6. The Balaban J connectivity index is 1.67. The van der Waals surface area contributed by atoms with Crippen molar-refractivity contribution in [1.29, 1.82) is 0 Å². The minimum absolute atomic E-state index is 0.123. The van der Waals surface area contributed by atoms with E-state index in [1.165, 1.54) is 30.4 Å². The van der Waals surface area contributed by atoms with Gasteiger partial charge in [0.1, 0.15) is 5.75 Å². The highest BCUT2D eigenvalue weighted by atomic mass is 32.2. The molecule has 162 valence electrons. The third kappa shape index (κ3) is 5.44. The number of aryl methyl sites for hydroxylation is 2. The van der Waals surface area contributed by atoms with Gasteiger partial charge in [0.25, 0.3) is 15.9 Å². The average Bonchev–Trinajstić information content (AvgIpc) is 2.75. The number of carbonyl (C=O) groups excluding carboxylic acids is 1. The van der Waals surface area contributed by atoms with Gasteiger partial charge in [0, 0.05) is 11.3 Å². The summed E-state index contributed by atoms with van der Waals surface area (Å²) in [4.78, 5) is 12.7. The van der Waals surface area contributed by atoms with Crippen molar-refractivity contribution in [2.24, 2.45) is 0 Å². The Labute approximate surface area is 183 Å². The van der Waals surface area contributed by atoms with Crippen molar-refractivity contribution in [3.63, 3.8) is 0 Å². The first-order chi connectivity index (χ1) is 14.7. The number of amides is 1. The van der Waals surface area contributed by atoms with Gasteiger partial charge >= 0.3 is 0 Å². The lowest BCUT2D eigenvalue weighted by Gasteiger charge is -2.16. The number of ether oxygens (including phenoxy) is 1. The molecule has 3 aromatic carbocycles. The van der Waals surface area contributed by atoms with Crippen molar-refractivity contribution >= 4 is 21.6 Å². The molecule has 2 N–H and O–H groups in total. The molecule has 3 aromatic rings. The van der Waals surface area contributed by atoms with E-state index in [0.717, 1.165) is 5.56 Å². The molecule has 1 atom stereocenters. The number of benzene rings is 3. The van der Waals surface area contributed by atoms with Crippen molar-refractivity contribution in [1.82, 2.24) is 5.32 Å². The Kier molecular flexibility index (Phi) is 6.65. The number of hydrogen-bond donors (Lipinski definition) is 2. The fraction of sp³-hybridized carbons (Fsp3) is 0.208. The first-order valence-electron chi connectivity index (χ1n) is 9.84. The molecule has 0 spiro atoms. The Morgan fingerprint density at radius 2 is 1.55 bits per heavy atom. The van der Waals surface area contributed by atoms with Gasteiger partial charge < -0.3 is 10.1 Å². The maximum Gasteiger partial charge on any atom is 0.261 e. The standard InChI is InChI=1S/C24H26N2O4S/c1-16-5-6-20(15-17(16)2)18(3)25-24(27)19-7-9-21(10-8-19)26-31(28,29)23-13-11-22(30-4)12-14-23/h5-15,18,26H,1-4H3,(H,25,27). The topological polar surface area (TPSA) is 84.5 Å². The second-order valence-electron chi connectivity index (χ2n) is 7.40. The predicted octanol–water partition coefficient (Wildman–Crippen LogP) is 4.60. The molecule has 0 bridgehead atoms. The van der Waals surface area contributed by atoms with Crippen LogP contribution in [0.5, 0.6) is 5.75 Å². The van der Waals surface area contributed by atoms with Gasteiger partial charge in [0.2, 0.25) is 0 Å². The van der Waals surface area contributed by atoms with Gasteiger partial charge in [-0.25, -0.2) is 8.42 Å². The highest BCUT2D eigenvalue weighted by Crippen LogP contribution is 2.21. The molecular formula is C24H26N2O4S. The fourth-order valence-corrected chi connectivity index (χ4v) is 4.11. The van der Waals surface area contributed by atoms with E-state index in [2.05, 4.69) is 16.1 Å². The quantitative estimate of drug-likeness (QED) is 0.564. The third-order valence-electron chi connectivity index (χ3n) is 5.15. The molecule has 0 aromatic heterocycles. The minimum atomic E-state index is -3.74. The van der Waals surface area contributed by atoms with E-state index < -0.39 is 10.0 Å². The number of nitrogens with one attached hydrogen (secondary N) is 2. The smallest absolute Gasteiger partial charge is 0.261 e. The van der Waals surface area contributed by atoms with Crippen molar-refractivity contribution in [2.75, 3.05) is 11.8 Å². The van der Waals surface area contributed by atoms with Crippen molar-refractivity contribution in [3.8, 4) is 5.75 Å². The molecule has 1 amide bonds. The van der Waals surface area contributed by atoms with Crippen LogP contribution in [-0.2, 0) is 10.0 Å². The number of rotatable bonds is 7. The lowest BCUT2D eigenvalue weighted by atomic mass is 10.0. The van der Waals surface area contributed by atoms with Gasteiger partial charge in [-0.3, -0.25) is 9.52 Å². The third-order valence-corrected chi connectivity index (χ3v) is 6.54. The van der Waals surface area contributed by atoms with Crippen molar-refractivity contribution in [2.45, 2.75) is 31.7 Å². The van der Waals surface area contributed by atoms with Gasteiger partial charge in [-0.1, -0.05) is 18.2 Å². The lowest BCUT2D eigenvalue weighted by Crippen LogP contribution is -2.26. The van der Waals surface area contributed by atoms with Gasteiger partial charge in [0.15, 0.2) is 0 Å². The van der Waals surface area contributed by atoms with Crippen LogP contribution in [0.4, 0.5) is 5.69 Å². The van der Waals surface area contributed by atoms with Crippen LogP contribution in [0.3, 0.4) is 0 Å². The molecule has 6 nitrogen and oxygen atoms in total. The molecule has 1 unspecified atom stereocenters. The summed E-state index contributed by atoms with van der Waals surface area (Å²) in [6.45, 7) is 6.02. The summed E-state index contributed by atoms with van der Waals surface area (Å²) in [5.41, 5.74) is 4.22. The second-order valence-corrected chi connectivity index (χ2v) is 9.08. The Bertz CT molecular complexity index is 1170. The summed E-state index contributed by atoms with van der Waals surface area (Å²) in [5.74, 6) is 0.347. The van der Waals surface area contributed by atoms with Crippen LogP contribution in [0, 0.1) is 13.8 Å². The van der Waals surface area contributed by atoms with Crippen molar-refractivity contribution in [3.05, 3.63) is 89.0 Å². The number of anilines is 1. The normalized spacial score (nSPS) is 12.1. The molecule has 0 heterocycles. The highest BCUT2D eigenvalue weighted by molar-refractivity contribution is 7.92. The number of hydrogen-bond acceptors (Lipinski definition) is 4. The van der Waals surface area contributed by atoms with Crippen LogP contribution >= 0.6 is 0 Å². The predicted molar refractivity (Wildman–Crippen MR) is 122 cm³/mol. The molecular weight excluding hydrogens is 412 g/mol. The van der Waals surface area contributed by atoms with Crippen LogP contribution in [-0.4, -0.2) is 21.4 Å².